The van der Waals surface area contributed by atoms with E-state index >= 15 is 0 Å². The van der Waals surface area contributed by atoms with Crippen molar-refractivity contribution < 1.29 is 0 Å². The van der Waals surface area contributed by atoms with Crippen LogP contribution in [0.1, 0.15) is 32.1 Å². The summed E-state index contributed by atoms with van der Waals surface area (Å²) in [6.07, 6.45) is 6.78. The minimum Gasteiger partial charge on any atom is -0.369 e. The van der Waals surface area contributed by atoms with Gasteiger partial charge in [0.1, 0.15) is 11.5 Å². The van der Waals surface area contributed by atoms with Crippen molar-refractivity contribution in [2.75, 3.05) is 0 Å². The van der Waals surface area contributed by atoms with E-state index in [2.05, 4.69) is 25.0 Å². The zero-order chi connectivity index (χ0) is 10.6. The highest BCUT2D eigenvalue weighted by atomic mass is 32.4. The molecule has 1 aliphatic carbocycles. The molecule has 1 aliphatic rings. The maximum Gasteiger partial charge on any atom is 0.128 e. The fourth-order valence-corrected chi connectivity index (χ4v) is 6.76. The first-order valence-electron chi connectivity index (χ1n) is 5.47. The first-order valence-corrected chi connectivity index (χ1v) is 10.9. The van der Waals surface area contributed by atoms with Crippen LogP contribution in [0.4, 0.5) is 0 Å². The van der Waals surface area contributed by atoms with Crippen molar-refractivity contribution in [2.45, 2.75) is 57.8 Å². The topological polar surface area (TPSA) is 12.0 Å². The van der Waals surface area contributed by atoms with Gasteiger partial charge in [0, 0.05) is 6.04 Å². The normalized spacial score (nSPS) is 19.4. The minimum atomic E-state index is -1.09. The van der Waals surface area contributed by atoms with Gasteiger partial charge >= 0.3 is 0 Å². The first kappa shape index (κ1) is 12.5. The van der Waals surface area contributed by atoms with Gasteiger partial charge in [0.15, 0.2) is 0 Å². The second-order valence-corrected chi connectivity index (χ2v) is 14.8. The van der Waals surface area contributed by atoms with Crippen LogP contribution in [0.5, 0.6) is 0 Å². The van der Waals surface area contributed by atoms with E-state index in [1.807, 2.05) is 11.2 Å². The molecule has 0 amide bonds. The molecular weight excluding hydrogens is 226 g/mol. The van der Waals surface area contributed by atoms with Crippen molar-refractivity contribution in [1.82, 2.24) is 5.32 Å². The maximum absolute atomic E-state index is 5.37. The Morgan fingerprint density at radius 2 is 1.79 bits per heavy atom. The monoisotopic (exact) mass is 247 g/mol. The molecule has 1 nitrogen and oxygen atoms in total. The van der Waals surface area contributed by atoms with Gasteiger partial charge in [-0.15, -0.1) is 11.2 Å². The molecule has 1 rings (SSSR count). The predicted molar refractivity (Wildman–Crippen MR) is 73.5 cm³/mol. The largest absolute Gasteiger partial charge is 0.369 e. The fraction of sp³-hybridized carbons (Fsp3) is 0.900. The standard InChI is InChI=1S/C10H21NS2Si/c1-14(2,3)13-10(12)11-9-7-5-4-6-8-9/h9H,4-8H2,1-3H3,(H,11,12). The van der Waals surface area contributed by atoms with Gasteiger partial charge in [-0.2, -0.15) is 0 Å². The van der Waals surface area contributed by atoms with Gasteiger partial charge in [-0.05, 0) is 12.8 Å². The molecule has 4 heteroatoms. The molecule has 0 aliphatic heterocycles. The zero-order valence-corrected chi connectivity index (χ0v) is 12.1. The Morgan fingerprint density at radius 3 is 2.29 bits per heavy atom. The van der Waals surface area contributed by atoms with Crippen molar-refractivity contribution in [2.24, 2.45) is 0 Å². The average molecular weight is 248 g/mol. The van der Waals surface area contributed by atoms with E-state index < -0.39 is 7.22 Å². The highest BCUT2D eigenvalue weighted by Gasteiger charge is 2.19. The summed E-state index contributed by atoms with van der Waals surface area (Å²) in [5, 5.41) is 3.50. The Labute approximate surface area is 98.1 Å². The SMILES string of the molecule is C[Si](C)(C)SC(=S)NC1CCCCC1. The Balaban J connectivity index is 2.25. The van der Waals surface area contributed by atoms with E-state index in [9.17, 15) is 0 Å². The van der Waals surface area contributed by atoms with Gasteiger partial charge in [-0.3, -0.25) is 0 Å². The summed E-state index contributed by atoms with van der Waals surface area (Å²) in [5.41, 5.74) is 0. The lowest BCUT2D eigenvalue weighted by Gasteiger charge is -2.25. The molecule has 14 heavy (non-hydrogen) atoms. The van der Waals surface area contributed by atoms with E-state index in [0.29, 0.717) is 6.04 Å². The van der Waals surface area contributed by atoms with Gasteiger partial charge in [0.25, 0.3) is 0 Å². The van der Waals surface area contributed by atoms with Crippen molar-refractivity contribution in [3.63, 3.8) is 0 Å². The molecule has 1 fully saturated rings. The first-order chi connectivity index (χ1) is 6.47. The number of hydrogen-bond acceptors (Lipinski definition) is 2. The molecule has 0 spiro atoms. The van der Waals surface area contributed by atoms with Crippen molar-refractivity contribution >= 4 is 35.0 Å². The molecule has 0 saturated heterocycles. The predicted octanol–water partition coefficient (Wildman–Crippen LogP) is 3.76. The van der Waals surface area contributed by atoms with Crippen LogP contribution in [0.3, 0.4) is 0 Å². The van der Waals surface area contributed by atoms with Gasteiger partial charge in [-0.1, -0.05) is 51.1 Å². The summed E-state index contributed by atoms with van der Waals surface area (Å²) >= 11 is 7.28. The van der Waals surface area contributed by atoms with Crippen LogP contribution in [0.25, 0.3) is 0 Å². The van der Waals surface area contributed by atoms with E-state index in [1.54, 1.807) is 0 Å². The van der Waals surface area contributed by atoms with Crippen LogP contribution < -0.4 is 5.32 Å². The van der Waals surface area contributed by atoms with Crippen LogP contribution in [-0.2, 0) is 0 Å². The van der Waals surface area contributed by atoms with Crippen LogP contribution in [0, 0.1) is 0 Å². The van der Waals surface area contributed by atoms with Crippen LogP contribution in [0.2, 0.25) is 19.6 Å². The lowest BCUT2D eigenvalue weighted by atomic mass is 9.96. The van der Waals surface area contributed by atoms with Crippen LogP contribution in [-0.4, -0.2) is 17.6 Å². The third kappa shape index (κ3) is 5.37. The maximum atomic E-state index is 5.37. The molecule has 0 atom stereocenters. The fourth-order valence-electron chi connectivity index (χ4n) is 1.72. The molecular formula is C10H21NS2Si. The van der Waals surface area contributed by atoms with Gasteiger partial charge in [0.2, 0.25) is 0 Å². The lowest BCUT2D eigenvalue weighted by molar-refractivity contribution is 0.416. The molecule has 0 bridgehead atoms. The highest BCUT2D eigenvalue weighted by Crippen LogP contribution is 2.23. The summed E-state index contributed by atoms with van der Waals surface area (Å²) in [7, 11) is -1.09. The van der Waals surface area contributed by atoms with Gasteiger partial charge < -0.3 is 5.32 Å². The summed E-state index contributed by atoms with van der Waals surface area (Å²) in [6.45, 7) is 7.02. The smallest absolute Gasteiger partial charge is 0.128 e. The lowest BCUT2D eigenvalue weighted by Crippen LogP contribution is -2.36. The molecule has 1 N–H and O–H groups in total. The summed E-state index contributed by atoms with van der Waals surface area (Å²) in [5.74, 6) is 0. The Morgan fingerprint density at radius 1 is 1.21 bits per heavy atom. The molecule has 0 aromatic heterocycles. The molecule has 0 aromatic carbocycles. The van der Waals surface area contributed by atoms with E-state index in [1.165, 1.54) is 32.1 Å². The third-order valence-corrected chi connectivity index (χ3v) is 6.50. The van der Waals surface area contributed by atoms with E-state index in [4.69, 9.17) is 12.2 Å². The van der Waals surface area contributed by atoms with E-state index in [-0.39, 0.29) is 0 Å². The zero-order valence-electron chi connectivity index (χ0n) is 9.43. The molecule has 0 aromatic rings. The number of rotatable bonds is 2. The average Bonchev–Trinajstić information content (AvgIpc) is 2.02. The quantitative estimate of drug-likeness (QED) is 0.589. The van der Waals surface area contributed by atoms with Gasteiger partial charge in [0.05, 0.1) is 0 Å². The van der Waals surface area contributed by atoms with Crippen LogP contribution in [0.15, 0.2) is 0 Å². The summed E-state index contributed by atoms with van der Waals surface area (Å²) in [4.78, 5) is 0. The molecule has 82 valence electrons. The Kier molecular flexibility index (Phi) is 4.94. The Bertz CT molecular complexity index is 195. The minimum absolute atomic E-state index is 0.667. The third-order valence-electron chi connectivity index (χ3n) is 2.33. The summed E-state index contributed by atoms with van der Waals surface area (Å²) in [6, 6.07) is 0.667. The molecule has 0 heterocycles. The van der Waals surface area contributed by atoms with Crippen LogP contribution >= 0.6 is 23.4 Å². The van der Waals surface area contributed by atoms with Crippen molar-refractivity contribution in [1.29, 1.82) is 0 Å². The molecule has 0 radical (unpaired) electrons. The second-order valence-electron chi connectivity index (χ2n) is 4.98. The van der Waals surface area contributed by atoms with Gasteiger partial charge in [-0.25, -0.2) is 0 Å². The number of thiocarbonyl (C=S) groups is 1. The molecule has 1 saturated carbocycles. The van der Waals surface area contributed by atoms with E-state index in [0.717, 1.165) is 4.32 Å². The highest BCUT2D eigenvalue weighted by molar-refractivity contribution is 8.43. The second kappa shape index (κ2) is 5.52. The molecule has 0 unspecified atom stereocenters. The summed E-state index contributed by atoms with van der Waals surface area (Å²) < 4.78 is 1.04. The Hall–Kier alpha value is 0.457. The van der Waals surface area contributed by atoms with Crippen molar-refractivity contribution in [3.8, 4) is 0 Å². The number of nitrogens with one attached hydrogen (secondary N) is 1. The van der Waals surface area contributed by atoms with Crippen molar-refractivity contribution in [3.05, 3.63) is 0 Å². The number of hydrogen-bond donors (Lipinski definition) is 1.